The number of H-pyrrole nitrogens is 1. The molecule has 4 aromatic rings. The number of primary amides is 1. The summed E-state index contributed by atoms with van der Waals surface area (Å²) in [5.41, 5.74) is 8.29. The minimum Gasteiger partial charge on any atom is -0.379 e. The average Bonchev–Trinajstić information content (AvgIpc) is 3.28. The SMILES string of the molecule is NC(=O)c1ccc(S(=O)(=O)N2CCOCC2)c(-c2ccc(Cl)c(-c3nc4ccccc4[nH]3)c2)c1Cl. The van der Waals surface area contributed by atoms with Crippen LogP contribution in [0.1, 0.15) is 10.4 Å². The number of nitrogens with one attached hydrogen (secondary N) is 1. The van der Waals surface area contributed by atoms with Gasteiger partial charge in [-0.05, 0) is 42.0 Å². The molecule has 0 radical (unpaired) electrons. The highest BCUT2D eigenvalue weighted by Crippen LogP contribution is 2.40. The van der Waals surface area contributed by atoms with E-state index in [4.69, 9.17) is 33.7 Å². The third-order valence-electron chi connectivity index (χ3n) is 5.86. The molecule has 1 aromatic heterocycles. The Labute approximate surface area is 211 Å². The van der Waals surface area contributed by atoms with E-state index in [0.717, 1.165) is 11.0 Å². The first-order valence-corrected chi connectivity index (χ1v) is 12.9. The molecule has 3 aromatic carbocycles. The fourth-order valence-electron chi connectivity index (χ4n) is 4.10. The molecule has 35 heavy (non-hydrogen) atoms. The molecule has 0 saturated carbocycles. The maximum atomic E-state index is 13.6. The van der Waals surface area contributed by atoms with E-state index in [1.165, 1.54) is 16.4 Å². The van der Waals surface area contributed by atoms with E-state index in [9.17, 15) is 13.2 Å². The Morgan fingerprint density at radius 3 is 2.51 bits per heavy atom. The number of imidazole rings is 1. The summed E-state index contributed by atoms with van der Waals surface area (Å²) in [6.07, 6.45) is 0. The fourth-order valence-corrected chi connectivity index (χ4v) is 6.36. The number of halogens is 2. The van der Waals surface area contributed by atoms with Crippen molar-refractivity contribution in [1.82, 2.24) is 14.3 Å². The van der Waals surface area contributed by atoms with Crippen molar-refractivity contribution < 1.29 is 17.9 Å². The zero-order valence-electron chi connectivity index (χ0n) is 18.3. The zero-order valence-corrected chi connectivity index (χ0v) is 20.6. The summed E-state index contributed by atoms with van der Waals surface area (Å²) in [7, 11) is -3.95. The molecule has 1 aliphatic heterocycles. The largest absolute Gasteiger partial charge is 0.379 e. The van der Waals surface area contributed by atoms with Gasteiger partial charge in [0.05, 0.1) is 44.8 Å². The maximum absolute atomic E-state index is 13.6. The first kappa shape index (κ1) is 23.8. The first-order valence-electron chi connectivity index (χ1n) is 10.7. The van der Waals surface area contributed by atoms with Crippen molar-refractivity contribution in [1.29, 1.82) is 0 Å². The number of nitrogens with two attached hydrogens (primary N) is 1. The molecule has 1 aliphatic rings. The number of sulfonamides is 1. The van der Waals surface area contributed by atoms with Crippen molar-refractivity contribution in [2.75, 3.05) is 26.3 Å². The molecule has 5 rings (SSSR count). The monoisotopic (exact) mass is 530 g/mol. The summed E-state index contributed by atoms with van der Waals surface area (Å²) < 4.78 is 33.9. The normalized spacial score (nSPS) is 14.9. The van der Waals surface area contributed by atoms with Crippen molar-refractivity contribution in [2.45, 2.75) is 4.90 Å². The number of benzene rings is 3. The van der Waals surface area contributed by atoms with E-state index in [2.05, 4.69) is 9.97 Å². The predicted molar refractivity (Wildman–Crippen MR) is 135 cm³/mol. The minimum absolute atomic E-state index is 0.0165. The van der Waals surface area contributed by atoms with Crippen molar-refractivity contribution in [3.05, 3.63) is 70.2 Å². The lowest BCUT2D eigenvalue weighted by atomic mass is 10.00. The van der Waals surface area contributed by atoms with Gasteiger partial charge >= 0.3 is 0 Å². The number of fused-ring (bicyclic) bond motifs is 1. The molecule has 0 atom stereocenters. The molecular formula is C24H20Cl2N4O4S. The number of rotatable bonds is 5. The molecule has 3 N–H and O–H groups in total. The Morgan fingerprint density at radius 2 is 1.80 bits per heavy atom. The topological polar surface area (TPSA) is 118 Å². The molecule has 1 fully saturated rings. The van der Waals surface area contributed by atoms with E-state index >= 15 is 0 Å². The van der Waals surface area contributed by atoms with Gasteiger partial charge < -0.3 is 15.5 Å². The van der Waals surface area contributed by atoms with E-state index in [-0.39, 0.29) is 34.1 Å². The lowest BCUT2D eigenvalue weighted by Gasteiger charge is -2.27. The standard InChI is InChI=1S/C24H20Cl2N4O4S/c25-17-7-5-14(13-16(17)24-28-18-3-1-2-4-19(18)29-24)21-20(8-6-15(22(21)26)23(27)31)35(32,33)30-9-11-34-12-10-30/h1-8,13H,9-12H2,(H2,27,31)(H,28,29). The summed E-state index contributed by atoms with van der Waals surface area (Å²) in [5, 5.41) is 0.359. The van der Waals surface area contributed by atoms with Crippen LogP contribution in [0.5, 0.6) is 0 Å². The molecule has 1 saturated heterocycles. The molecule has 0 unspecified atom stereocenters. The van der Waals surface area contributed by atoms with Gasteiger partial charge in [0.2, 0.25) is 15.9 Å². The second-order valence-electron chi connectivity index (χ2n) is 7.98. The van der Waals surface area contributed by atoms with Crippen molar-refractivity contribution in [2.24, 2.45) is 5.73 Å². The molecule has 180 valence electrons. The van der Waals surface area contributed by atoms with Crippen LogP contribution in [-0.4, -0.2) is 54.9 Å². The Balaban J connectivity index is 1.72. The summed E-state index contributed by atoms with van der Waals surface area (Å²) in [6, 6.07) is 15.2. The molecule has 1 amide bonds. The van der Waals surface area contributed by atoms with Gasteiger partial charge in [0.15, 0.2) is 0 Å². The van der Waals surface area contributed by atoms with Crippen LogP contribution in [0.4, 0.5) is 0 Å². The molecular weight excluding hydrogens is 511 g/mol. The Bertz CT molecular complexity index is 1530. The number of aromatic amines is 1. The van der Waals surface area contributed by atoms with Gasteiger partial charge in [0.1, 0.15) is 5.82 Å². The Kier molecular flexibility index (Phi) is 6.29. The van der Waals surface area contributed by atoms with Crippen LogP contribution < -0.4 is 5.73 Å². The van der Waals surface area contributed by atoms with Crippen molar-refractivity contribution in [3.63, 3.8) is 0 Å². The van der Waals surface area contributed by atoms with E-state index < -0.39 is 15.9 Å². The summed E-state index contributed by atoms with van der Waals surface area (Å²) in [5.74, 6) is -0.254. The quantitative estimate of drug-likeness (QED) is 0.398. The number of hydrogen-bond donors (Lipinski definition) is 2. The number of carbonyl (C=O) groups excluding carboxylic acids is 1. The number of para-hydroxylation sites is 2. The second kappa shape index (κ2) is 9.25. The number of carbonyl (C=O) groups is 1. The Hall–Kier alpha value is -2.95. The third kappa shape index (κ3) is 4.30. The fraction of sp³-hybridized carbons (Fsp3) is 0.167. The highest BCUT2D eigenvalue weighted by molar-refractivity contribution is 7.89. The summed E-state index contributed by atoms with van der Waals surface area (Å²) in [6.45, 7) is 1.00. The lowest BCUT2D eigenvalue weighted by molar-refractivity contribution is 0.0730. The van der Waals surface area contributed by atoms with Crippen LogP contribution in [0.25, 0.3) is 33.5 Å². The van der Waals surface area contributed by atoms with Crippen LogP contribution in [0, 0.1) is 0 Å². The average molecular weight is 531 g/mol. The molecule has 2 heterocycles. The molecule has 0 spiro atoms. The predicted octanol–water partition coefficient (Wildman–Crippen LogP) is 4.32. The molecule has 0 aliphatic carbocycles. The molecule has 0 bridgehead atoms. The lowest BCUT2D eigenvalue weighted by Crippen LogP contribution is -2.40. The molecule has 11 heteroatoms. The van der Waals surface area contributed by atoms with E-state index in [1.54, 1.807) is 18.2 Å². The van der Waals surface area contributed by atoms with Gasteiger partial charge in [0.25, 0.3) is 0 Å². The number of aromatic nitrogens is 2. The van der Waals surface area contributed by atoms with E-state index in [1.807, 2.05) is 24.3 Å². The van der Waals surface area contributed by atoms with Crippen LogP contribution in [-0.2, 0) is 14.8 Å². The molecule has 8 nitrogen and oxygen atoms in total. The highest BCUT2D eigenvalue weighted by Gasteiger charge is 2.31. The van der Waals surface area contributed by atoms with Gasteiger partial charge in [0, 0.05) is 24.2 Å². The number of hydrogen-bond acceptors (Lipinski definition) is 5. The highest BCUT2D eigenvalue weighted by atomic mass is 35.5. The maximum Gasteiger partial charge on any atom is 0.250 e. The van der Waals surface area contributed by atoms with Crippen LogP contribution in [0.3, 0.4) is 0 Å². The summed E-state index contributed by atoms with van der Waals surface area (Å²) in [4.78, 5) is 19.8. The van der Waals surface area contributed by atoms with Gasteiger partial charge in [-0.25, -0.2) is 13.4 Å². The number of morpholine rings is 1. The number of nitrogens with zero attached hydrogens (tertiary/aromatic N) is 2. The van der Waals surface area contributed by atoms with Crippen LogP contribution in [0.15, 0.2) is 59.5 Å². The third-order valence-corrected chi connectivity index (χ3v) is 8.52. The van der Waals surface area contributed by atoms with Crippen molar-refractivity contribution in [3.8, 4) is 22.5 Å². The number of ether oxygens (including phenoxy) is 1. The van der Waals surface area contributed by atoms with Gasteiger partial charge in [-0.2, -0.15) is 4.31 Å². The zero-order chi connectivity index (χ0) is 24.7. The first-order chi connectivity index (χ1) is 16.8. The smallest absolute Gasteiger partial charge is 0.250 e. The van der Waals surface area contributed by atoms with Crippen LogP contribution in [0.2, 0.25) is 10.0 Å². The number of amides is 1. The van der Waals surface area contributed by atoms with Gasteiger partial charge in [-0.1, -0.05) is 41.4 Å². The Morgan fingerprint density at radius 1 is 1.06 bits per heavy atom. The van der Waals surface area contributed by atoms with Gasteiger partial charge in [-0.15, -0.1) is 0 Å². The minimum atomic E-state index is -3.95. The summed E-state index contributed by atoms with van der Waals surface area (Å²) >= 11 is 13.1. The van der Waals surface area contributed by atoms with Crippen LogP contribution >= 0.6 is 23.2 Å². The van der Waals surface area contributed by atoms with Gasteiger partial charge in [-0.3, -0.25) is 4.79 Å². The van der Waals surface area contributed by atoms with Crippen molar-refractivity contribution >= 4 is 50.2 Å². The second-order valence-corrected chi connectivity index (χ2v) is 10.7. The van der Waals surface area contributed by atoms with E-state index in [0.29, 0.717) is 35.2 Å².